The predicted molar refractivity (Wildman–Crippen MR) is 85.1 cm³/mol. The Morgan fingerprint density at radius 1 is 1.25 bits per heavy atom. The minimum absolute atomic E-state index is 0.184. The summed E-state index contributed by atoms with van der Waals surface area (Å²) >= 11 is 0. The van der Waals surface area contributed by atoms with Gasteiger partial charge in [0, 0.05) is 12.6 Å². The molecule has 2 N–H and O–H groups in total. The van der Waals surface area contributed by atoms with Crippen LogP contribution in [-0.2, 0) is 4.79 Å². The van der Waals surface area contributed by atoms with Crippen molar-refractivity contribution in [3.63, 3.8) is 0 Å². The number of hydrogen-bond donors (Lipinski definition) is 2. The zero-order valence-corrected chi connectivity index (χ0v) is 14.2. The fraction of sp³-hybridized carbons (Fsp3) is 0.938. The first-order valence-corrected chi connectivity index (χ1v) is 8.00. The summed E-state index contributed by atoms with van der Waals surface area (Å²) in [6.07, 6.45) is 2.23. The van der Waals surface area contributed by atoms with Gasteiger partial charge in [0.1, 0.15) is 5.54 Å². The van der Waals surface area contributed by atoms with Crippen LogP contribution in [-0.4, -0.2) is 47.2 Å². The van der Waals surface area contributed by atoms with Crippen LogP contribution in [0.1, 0.15) is 60.8 Å². The summed E-state index contributed by atoms with van der Waals surface area (Å²) < 4.78 is 0. The molecule has 4 nitrogen and oxygen atoms in total. The standard InChI is InChI=1S/C16H34N2O2/c1-7-16(15(19)20,17-14(5)6)10-9-11-18(8-2)12-13(3)4/h13-14,17H,7-12H2,1-6H3,(H,19,20). The Hall–Kier alpha value is -0.610. The van der Waals surface area contributed by atoms with Gasteiger partial charge in [-0.15, -0.1) is 0 Å². The van der Waals surface area contributed by atoms with E-state index in [1.165, 1.54) is 0 Å². The van der Waals surface area contributed by atoms with Gasteiger partial charge in [-0.05, 0) is 52.1 Å². The number of hydrogen-bond acceptors (Lipinski definition) is 3. The minimum Gasteiger partial charge on any atom is -0.480 e. The van der Waals surface area contributed by atoms with Crippen molar-refractivity contribution in [2.24, 2.45) is 5.92 Å². The van der Waals surface area contributed by atoms with Crippen LogP contribution in [0.5, 0.6) is 0 Å². The molecule has 0 radical (unpaired) electrons. The van der Waals surface area contributed by atoms with E-state index in [0.717, 1.165) is 26.1 Å². The van der Waals surface area contributed by atoms with Crippen molar-refractivity contribution < 1.29 is 9.90 Å². The summed E-state index contributed by atoms with van der Waals surface area (Å²) in [5.74, 6) is -0.0697. The van der Waals surface area contributed by atoms with Crippen LogP contribution in [0, 0.1) is 5.92 Å². The maximum Gasteiger partial charge on any atom is 0.323 e. The Morgan fingerprint density at radius 2 is 1.85 bits per heavy atom. The number of carboxylic acids is 1. The number of nitrogens with zero attached hydrogens (tertiary/aromatic N) is 1. The van der Waals surface area contributed by atoms with E-state index in [4.69, 9.17) is 0 Å². The van der Waals surface area contributed by atoms with E-state index in [9.17, 15) is 9.90 Å². The van der Waals surface area contributed by atoms with Crippen LogP contribution in [0.2, 0.25) is 0 Å². The average molecular weight is 286 g/mol. The number of nitrogens with one attached hydrogen (secondary N) is 1. The van der Waals surface area contributed by atoms with E-state index >= 15 is 0 Å². The van der Waals surface area contributed by atoms with Crippen molar-refractivity contribution in [3.8, 4) is 0 Å². The number of carbonyl (C=O) groups is 1. The van der Waals surface area contributed by atoms with Crippen molar-refractivity contribution in [3.05, 3.63) is 0 Å². The third-order valence-corrected chi connectivity index (χ3v) is 3.73. The molecule has 0 saturated heterocycles. The Morgan fingerprint density at radius 3 is 2.20 bits per heavy atom. The molecule has 0 bridgehead atoms. The molecule has 4 heteroatoms. The Labute approximate surface area is 124 Å². The van der Waals surface area contributed by atoms with E-state index < -0.39 is 11.5 Å². The third-order valence-electron chi connectivity index (χ3n) is 3.73. The van der Waals surface area contributed by atoms with Crippen molar-refractivity contribution in [1.29, 1.82) is 0 Å². The van der Waals surface area contributed by atoms with Gasteiger partial charge in [-0.3, -0.25) is 10.1 Å². The van der Waals surface area contributed by atoms with Gasteiger partial charge in [0.25, 0.3) is 0 Å². The van der Waals surface area contributed by atoms with E-state index in [0.29, 0.717) is 18.8 Å². The van der Waals surface area contributed by atoms with E-state index in [1.807, 2.05) is 20.8 Å². The molecule has 0 saturated carbocycles. The molecule has 0 rings (SSSR count). The third kappa shape index (κ3) is 6.71. The van der Waals surface area contributed by atoms with Gasteiger partial charge in [0.05, 0.1) is 0 Å². The van der Waals surface area contributed by atoms with Gasteiger partial charge in [-0.1, -0.05) is 27.7 Å². The number of aliphatic carboxylic acids is 1. The second-order valence-electron chi connectivity index (χ2n) is 6.43. The fourth-order valence-electron chi connectivity index (χ4n) is 2.72. The molecular weight excluding hydrogens is 252 g/mol. The van der Waals surface area contributed by atoms with Gasteiger partial charge in [-0.2, -0.15) is 0 Å². The maximum atomic E-state index is 11.6. The van der Waals surface area contributed by atoms with Crippen molar-refractivity contribution in [2.75, 3.05) is 19.6 Å². The Balaban J connectivity index is 4.49. The molecule has 0 spiro atoms. The average Bonchev–Trinajstić information content (AvgIpc) is 2.34. The van der Waals surface area contributed by atoms with Crippen molar-refractivity contribution >= 4 is 5.97 Å². The molecule has 0 fully saturated rings. The van der Waals surface area contributed by atoms with Gasteiger partial charge in [0.15, 0.2) is 0 Å². The zero-order valence-electron chi connectivity index (χ0n) is 14.2. The molecule has 0 aromatic carbocycles. The van der Waals surface area contributed by atoms with Crippen LogP contribution >= 0.6 is 0 Å². The first-order valence-electron chi connectivity index (χ1n) is 8.00. The second-order valence-corrected chi connectivity index (χ2v) is 6.43. The molecule has 0 aliphatic heterocycles. The quantitative estimate of drug-likeness (QED) is 0.613. The fourth-order valence-corrected chi connectivity index (χ4v) is 2.72. The zero-order chi connectivity index (χ0) is 15.8. The maximum absolute atomic E-state index is 11.6. The number of carboxylic acid groups (broad SMARTS) is 1. The van der Waals surface area contributed by atoms with E-state index in [1.54, 1.807) is 0 Å². The SMILES string of the molecule is CCN(CCCC(CC)(NC(C)C)C(=O)O)CC(C)C. The predicted octanol–water partition coefficient (Wildman–Crippen LogP) is 2.98. The molecule has 0 amide bonds. The molecular formula is C16H34N2O2. The minimum atomic E-state index is -0.772. The van der Waals surface area contributed by atoms with Crippen molar-refractivity contribution in [1.82, 2.24) is 10.2 Å². The Bertz CT molecular complexity index is 280. The highest BCUT2D eigenvalue weighted by molar-refractivity contribution is 5.78. The lowest BCUT2D eigenvalue weighted by Gasteiger charge is -2.32. The summed E-state index contributed by atoms with van der Waals surface area (Å²) in [5.41, 5.74) is -0.772. The molecule has 20 heavy (non-hydrogen) atoms. The molecule has 0 aliphatic rings. The molecule has 0 aromatic heterocycles. The second kappa shape index (κ2) is 9.35. The van der Waals surface area contributed by atoms with Crippen LogP contribution in [0.15, 0.2) is 0 Å². The summed E-state index contributed by atoms with van der Waals surface area (Å²) in [6, 6.07) is 0.184. The van der Waals surface area contributed by atoms with Crippen LogP contribution in [0.25, 0.3) is 0 Å². The van der Waals surface area contributed by atoms with Crippen LogP contribution in [0.4, 0.5) is 0 Å². The highest BCUT2D eigenvalue weighted by atomic mass is 16.4. The summed E-state index contributed by atoms with van der Waals surface area (Å²) in [7, 11) is 0. The molecule has 120 valence electrons. The van der Waals surface area contributed by atoms with Crippen LogP contribution < -0.4 is 5.32 Å². The van der Waals surface area contributed by atoms with Crippen molar-refractivity contribution in [2.45, 2.75) is 72.4 Å². The highest BCUT2D eigenvalue weighted by Crippen LogP contribution is 2.19. The lowest BCUT2D eigenvalue weighted by molar-refractivity contribution is -0.145. The normalized spacial score (nSPS) is 15.1. The largest absolute Gasteiger partial charge is 0.480 e. The molecule has 1 unspecified atom stereocenters. The van der Waals surface area contributed by atoms with Gasteiger partial charge in [0.2, 0.25) is 0 Å². The number of rotatable bonds is 11. The van der Waals surface area contributed by atoms with Gasteiger partial charge in [-0.25, -0.2) is 0 Å². The summed E-state index contributed by atoms with van der Waals surface area (Å²) in [4.78, 5) is 14.0. The molecule has 0 heterocycles. The monoisotopic (exact) mass is 286 g/mol. The van der Waals surface area contributed by atoms with Crippen LogP contribution in [0.3, 0.4) is 0 Å². The van der Waals surface area contributed by atoms with E-state index in [2.05, 4.69) is 31.0 Å². The van der Waals surface area contributed by atoms with Gasteiger partial charge >= 0.3 is 5.97 Å². The van der Waals surface area contributed by atoms with E-state index in [-0.39, 0.29) is 6.04 Å². The molecule has 0 aliphatic carbocycles. The smallest absolute Gasteiger partial charge is 0.323 e. The highest BCUT2D eigenvalue weighted by Gasteiger charge is 2.36. The lowest BCUT2D eigenvalue weighted by atomic mass is 9.89. The lowest BCUT2D eigenvalue weighted by Crippen LogP contribution is -2.54. The molecule has 0 aromatic rings. The summed E-state index contributed by atoms with van der Waals surface area (Å²) in [6.45, 7) is 15.7. The first kappa shape index (κ1) is 19.4. The molecule has 1 atom stereocenters. The first-order chi connectivity index (χ1) is 9.27. The van der Waals surface area contributed by atoms with Gasteiger partial charge < -0.3 is 10.0 Å². The summed E-state index contributed by atoms with van der Waals surface area (Å²) in [5, 5.41) is 12.8. The Kier molecular flexibility index (Phi) is 9.06. The topological polar surface area (TPSA) is 52.6 Å².